The van der Waals surface area contributed by atoms with Crippen LogP contribution in [0.25, 0.3) is 0 Å². The van der Waals surface area contributed by atoms with Crippen LogP contribution in [0.4, 0.5) is 5.69 Å². The van der Waals surface area contributed by atoms with Gasteiger partial charge in [-0.3, -0.25) is 14.5 Å². The number of imide groups is 1. The maximum absolute atomic E-state index is 12.5. The number of rotatable bonds is 4. The van der Waals surface area contributed by atoms with Crippen molar-refractivity contribution in [1.29, 1.82) is 0 Å². The quantitative estimate of drug-likeness (QED) is 0.883. The SMILES string of the molecule is Cc1ccc(NC2=CC(=O)N(Cc3ccccc3)C2=O)cc1C. The van der Waals surface area contributed by atoms with Gasteiger partial charge < -0.3 is 5.32 Å². The highest BCUT2D eigenvalue weighted by Gasteiger charge is 2.31. The summed E-state index contributed by atoms with van der Waals surface area (Å²) in [6.07, 6.45) is 1.36. The molecule has 0 aliphatic carbocycles. The van der Waals surface area contributed by atoms with Crippen molar-refractivity contribution in [3.63, 3.8) is 0 Å². The summed E-state index contributed by atoms with van der Waals surface area (Å²) in [5.41, 5.74) is 4.36. The average molecular weight is 306 g/mol. The fraction of sp³-hybridized carbons (Fsp3) is 0.158. The normalized spacial score (nSPS) is 14.2. The van der Waals surface area contributed by atoms with E-state index in [4.69, 9.17) is 0 Å². The first-order valence-corrected chi connectivity index (χ1v) is 7.50. The molecule has 0 unspecified atom stereocenters. The molecule has 2 aromatic carbocycles. The highest BCUT2D eigenvalue weighted by molar-refractivity contribution is 6.17. The second-order valence-electron chi connectivity index (χ2n) is 5.70. The van der Waals surface area contributed by atoms with Gasteiger partial charge in [-0.1, -0.05) is 36.4 Å². The minimum absolute atomic E-state index is 0.285. The summed E-state index contributed by atoms with van der Waals surface area (Å²) >= 11 is 0. The second-order valence-corrected chi connectivity index (χ2v) is 5.70. The van der Waals surface area contributed by atoms with Gasteiger partial charge in [-0.2, -0.15) is 0 Å². The highest BCUT2D eigenvalue weighted by Crippen LogP contribution is 2.21. The zero-order chi connectivity index (χ0) is 16.4. The molecule has 0 atom stereocenters. The first kappa shape index (κ1) is 15.0. The number of amides is 2. The van der Waals surface area contributed by atoms with Gasteiger partial charge in [0.15, 0.2) is 0 Å². The molecule has 2 amide bonds. The number of carbonyl (C=O) groups excluding carboxylic acids is 2. The fourth-order valence-electron chi connectivity index (χ4n) is 2.49. The first-order chi connectivity index (χ1) is 11.0. The van der Waals surface area contributed by atoms with Crippen molar-refractivity contribution >= 4 is 17.5 Å². The van der Waals surface area contributed by atoms with E-state index >= 15 is 0 Å². The van der Waals surface area contributed by atoms with Crippen molar-refractivity contribution in [3.05, 3.63) is 77.0 Å². The van der Waals surface area contributed by atoms with Crippen LogP contribution in [0.2, 0.25) is 0 Å². The molecule has 2 aromatic rings. The van der Waals surface area contributed by atoms with Crippen LogP contribution >= 0.6 is 0 Å². The Labute approximate surface area is 135 Å². The van der Waals surface area contributed by atoms with Crippen molar-refractivity contribution in [2.45, 2.75) is 20.4 Å². The van der Waals surface area contributed by atoms with Crippen LogP contribution in [0.15, 0.2) is 60.3 Å². The zero-order valence-corrected chi connectivity index (χ0v) is 13.2. The van der Waals surface area contributed by atoms with Crippen LogP contribution < -0.4 is 5.32 Å². The van der Waals surface area contributed by atoms with E-state index in [1.165, 1.54) is 16.5 Å². The molecule has 0 spiro atoms. The van der Waals surface area contributed by atoms with Crippen molar-refractivity contribution in [2.75, 3.05) is 5.32 Å². The molecule has 1 aliphatic heterocycles. The van der Waals surface area contributed by atoms with E-state index in [1.807, 2.05) is 62.4 Å². The summed E-state index contributed by atoms with van der Waals surface area (Å²) in [6.45, 7) is 4.33. The van der Waals surface area contributed by atoms with Gasteiger partial charge in [0.2, 0.25) is 0 Å². The smallest absolute Gasteiger partial charge is 0.277 e. The molecule has 0 aromatic heterocycles. The molecule has 4 heteroatoms. The van der Waals surface area contributed by atoms with Gasteiger partial charge in [-0.15, -0.1) is 0 Å². The summed E-state index contributed by atoms with van der Waals surface area (Å²) in [6, 6.07) is 15.3. The molecule has 3 rings (SSSR count). The third-order valence-electron chi connectivity index (χ3n) is 3.98. The van der Waals surface area contributed by atoms with E-state index in [1.54, 1.807) is 0 Å². The van der Waals surface area contributed by atoms with Crippen molar-refractivity contribution in [3.8, 4) is 0 Å². The number of hydrogen-bond donors (Lipinski definition) is 1. The lowest BCUT2D eigenvalue weighted by molar-refractivity contribution is -0.137. The maximum Gasteiger partial charge on any atom is 0.277 e. The molecule has 0 bridgehead atoms. The number of nitrogens with one attached hydrogen (secondary N) is 1. The second kappa shape index (κ2) is 6.08. The Morgan fingerprint density at radius 3 is 2.39 bits per heavy atom. The van der Waals surface area contributed by atoms with Crippen LogP contribution in [0, 0.1) is 13.8 Å². The van der Waals surface area contributed by atoms with E-state index in [0.717, 1.165) is 16.8 Å². The monoisotopic (exact) mass is 306 g/mol. The molecule has 0 fully saturated rings. The van der Waals surface area contributed by atoms with Gasteiger partial charge in [0.1, 0.15) is 5.70 Å². The van der Waals surface area contributed by atoms with Crippen molar-refractivity contribution in [1.82, 2.24) is 4.90 Å². The zero-order valence-electron chi connectivity index (χ0n) is 13.2. The minimum atomic E-state index is -0.294. The maximum atomic E-state index is 12.5. The molecule has 116 valence electrons. The van der Waals surface area contributed by atoms with E-state index in [-0.39, 0.29) is 18.4 Å². The molecule has 1 N–H and O–H groups in total. The van der Waals surface area contributed by atoms with E-state index < -0.39 is 0 Å². The van der Waals surface area contributed by atoms with Gasteiger partial charge in [0.05, 0.1) is 6.54 Å². The van der Waals surface area contributed by atoms with Gasteiger partial charge in [-0.05, 0) is 42.7 Å². The Hall–Kier alpha value is -2.88. The molecule has 23 heavy (non-hydrogen) atoms. The first-order valence-electron chi connectivity index (χ1n) is 7.50. The molecule has 0 saturated carbocycles. The summed E-state index contributed by atoms with van der Waals surface area (Å²) < 4.78 is 0. The van der Waals surface area contributed by atoms with Gasteiger partial charge in [-0.25, -0.2) is 0 Å². The van der Waals surface area contributed by atoms with Gasteiger partial charge in [0, 0.05) is 11.8 Å². The lowest BCUT2D eigenvalue weighted by Crippen LogP contribution is -2.31. The van der Waals surface area contributed by atoms with Crippen LogP contribution in [0.1, 0.15) is 16.7 Å². The van der Waals surface area contributed by atoms with Crippen LogP contribution in [-0.2, 0) is 16.1 Å². The van der Waals surface area contributed by atoms with E-state index in [0.29, 0.717) is 5.70 Å². The highest BCUT2D eigenvalue weighted by atomic mass is 16.2. The number of anilines is 1. The van der Waals surface area contributed by atoms with Gasteiger partial charge in [0.25, 0.3) is 11.8 Å². The summed E-state index contributed by atoms with van der Waals surface area (Å²) in [4.78, 5) is 25.8. The molecule has 1 heterocycles. The molecule has 0 saturated heterocycles. The Balaban J connectivity index is 1.75. The molecule has 1 aliphatic rings. The average Bonchev–Trinajstić information content (AvgIpc) is 2.80. The number of nitrogens with zero attached hydrogens (tertiary/aromatic N) is 1. The topological polar surface area (TPSA) is 49.4 Å². The van der Waals surface area contributed by atoms with E-state index in [2.05, 4.69) is 5.32 Å². The Morgan fingerprint density at radius 2 is 1.70 bits per heavy atom. The Morgan fingerprint density at radius 1 is 0.957 bits per heavy atom. The predicted octanol–water partition coefficient (Wildman–Crippen LogP) is 3.17. The number of benzene rings is 2. The van der Waals surface area contributed by atoms with E-state index in [9.17, 15) is 9.59 Å². The molecule has 0 radical (unpaired) electrons. The number of hydrogen-bond acceptors (Lipinski definition) is 3. The molecular weight excluding hydrogens is 288 g/mol. The largest absolute Gasteiger partial charge is 0.351 e. The number of carbonyl (C=O) groups is 2. The van der Waals surface area contributed by atoms with Crippen LogP contribution in [0.5, 0.6) is 0 Å². The summed E-state index contributed by atoms with van der Waals surface area (Å²) in [5.74, 6) is -0.581. The molecular formula is C19H18N2O2. The molecule has 4 nitrogen and oxygen atoms in total. The third kappa shape index (κ3) is 3.16. The lowest BCUT2D eigenvalue weighted by Gasteiger charge is -2.15. The van der Waals surface area contributed by atoms with Crippen LogP contribution in [-0.4, -0.2) is 16.7 Å². The summed E-state index contributed by atoms with van der Waals surface area (Å²) in [5, 5.41) is 3.05. The van der Waals surface area contributed by atoms with Gasteiger partial charge >= 0.3 is 0 Å². The predicted molar refractivity (Wildman–Crippen MR) is 89.6 cm³/mol. The van der Waals surface area contributed by atoms with Crippen molar-refractivity contribution in [2.24, 2.45) is 0 Å². The minimum Gasteiger partial charge on any atom is -0.351 e. The Bertz CT molecular complexity index is 794. The number of aryl methyl sites for hydroxylation is 2. The Kier molecular flexibility index (Phi) is 3.98. The van der Waals surface area contributed by atoms with Crippen molar-refractivity contribution < 1.29 is 9.59 Å². The fourth-order valence-corrected chi connectivity index (χ4v) is 2.49. The lowest BCUT2D eigenvalue weighted by atomic mass is 10.1. The standard InChI is InChI=1S/C19H18N2O2/c1-13-8-9-16(10-14(13)2)20-17-11-18(22)21(19(17)23)12-15-6-4-3-5-7-15/h3-11,20H,12H2,1-2H3. The summed E-state index contributed by atoms with van der Waals surface area (Å²) in [7, 11) is 0. The van der Waals surface area contributed by atoms with Crippen LogP contribution in [0.3, 0.4) is 0 Å². The third-order valence-corrected chi connectivity index (χ3v) is 3.98.